The number of nitrogens with zero attached hydrogens (tertiary/aromatic N) is 6. The number of anilines is 3. The van der Waals surface area contributed by atoms with Crippen LogP contribution in [-0.4, -0.2) is 79.9 Å². The summed E-state index contributed by atoms with van der Waals surface area (Å²) in [5, 5.41) is 10.7. The standard InChI is InChI=1S/C24H34N10O4/c1-6-33-14-19(27-20(33)23(37)25-9-8-10-31(3)4)30-24(38)21-28-18(13-34(21)7-2)29-22(36)17-11-16(26-15-35)12-32(17)5/h11-15H,6-10H2,1-5H3,(H,25,37)(H,26,35)(H,29,36)(H,30,38). The summed E-state index contributed by atoms with van der Waals surface area (Å²) in [6, 6.07) is 1.52. The Kier molecular flexibility index (Phi) is 9.38. The molecule has 3 heterocycles. The van der Waals surface area contributed by atoms with Crippen LogP contribution in [0.2, 0.25) is 0 Å². The molecule has 0 atom stereocenters. The van der Waals surface area contributed by atoms with Gasteiger partial charge < -0.3 is 39.9 Å². The number of amides is 4. The first kappa shape index (κ1) is 28.1. The van der Waals surface area contributed by atoms with E-state index in [1.165, 1.54) is 6.07 Å². The third-order valence-corrected chi connectivity index (χ3v) is 5.65. The van der Waals surface area contributed by atoms with E-state index in [9.17, 15) is 19.2 Å². The van der Waals surface area contributed by atoms with Crippen molar-refractivity contribution in [1.29, 1.82) is 0 Å². The quantitative estimate of drug-likeness (QED) is 0.192. The molecular formula is C24H34N10O4. The minimum Gasteiger partial charge on any atom is -0.349 e. The van der Waals surface area contributed by atoms with Crippen LogP contribution in [0, 0.1) is 0 Å². The van der Waals surface area contributed by atoms with Crippen LogP contribution in [0.1, 0.15) is 52.0 Å². The van der Waals surface area contributed by atoms with E-state index in [-0.39, 0.29) is 29.2 Å². The minimum atomic E-state index is -0.539. The average Bonchev–Trinajstić information content (AvgIpc) is 3.58. The van der Waals surface area contributed by atoms with E-state index >= 15 is 0 Å². The molecule has 0 aliphatic heterocycles. The molecular weight excluding hydrogens is 492 g/mol. The van der Waals surface area contributed by atoms with Crippen LogP contribution in [0.4, 0.5) is 17.3 Å². The van der Waals surface area contributed by atoms with Gasteiger partial charge >= 0.3 is 0 Å². The number of nitrogens with one attached hydrogen (secondary N) is 4. The number of imidazole rings is 2. The Morgan fingerprint density at radius 2 is 1.50 bits per heavy atom. The molecule has 14 nitrogen and oxygen atoms in total. The van der Waals surface area contributed by atoms with Crippen LogP contribution in [0.25, 0.3) is 0 Å². The lowest BCUT2D eigenvalue weighted by molar-refractivity contribution is -0.105. The number of carbonyl (C=O) groups is 4. The van der Waals surface area contributed by atoms with Gasteiger partial charge in [-0.1, -0.05) is 0 Å². The van der Waals surface area contributed by atoms with Crippen molar-refractivity contribution in [2.45, 2.75) is 33.4 Å². The molecule has 3 aromatic rings. The van der Waals surface area contributed by atoms with Gasteiger partial charge in [0.05, 0.1) is 5.69 Å². The summed E-state index contributed by atoms with van der Waals surface area (Å²) >= 11 is 0. The molecule has 0 aliphatic rings. The Bertz CT molecular complexity index is 1300. The molecule has 204 valence electrons. The van der Waals surface area contributed by atoms with Gasteiger partial charge in [-0.3, -0.25) is 19.2 Å². The number of carbonyl (C=O) groups excluding carboxylic acids is 4. The van der Waals surface area contributed by atoms with Gasteiger partial charge in [0.2, 0.25) is 18.1 Å². The third-order valence-electron chi connectivity index (χ3n) is 5.65. The molecule has 0 unspecified atom stereocenters. The first-order valence-electron chi connectivity index (χ1n) is 12.2. The number of hydrogen-bond acceptors (Lipinski definition) is 7. The van der Waals surface area contributed by atoms with Gasteiger partial charge in [0.1, 0.15) is 5.69 Å². The molecule has 3 aromatic heterocycles. The van der Waals surface area contributed by atoms with Crippen LogP contribution >= 0.6 is 0 Å². The van der Waals surface area contributed by atoms with E-state index in [4.69, 9.17) is 0 Å². The second-order valence-corrected chi connectivity index (χ2v) is 8.78. The van der Waals surface area contributed by atoms with Crippen LogP contribution in [0.15, 0.2) is 24.7 Å². The van der Waals surface area contributed by atoms with Crippen molar-refractivity contribution in [2.24, 2.45) is 7.05 Å². The van der Waals surface area contributed by atoms with Crippen LogP contribution in [0.3, 0.4) is 0 Å². The molecule has 38 heavy (non-hydrogen) atoms. The van der Waals surface area contributed by atoms with Gasteiger partial charge in [-0.2, -0.15) is 0 Å². The largest absolute Gasteiger partial charge is 0.349 e. The summed E-state index contributed by atoms with van der Waals surface area (Å²) < 4.78 is 4.80. The normalized spacial score (nSPS) is 10.9. The molecule has 0 aromatic carbocycles. The first-order valence-corrected chi connectivity index (χ1v) is 12.2. The van der Waals surface area contributed by atoms with Gasteiger partial charge in [-0.25, -0.2) is 9.97 Å². The summed E-state index contributed by atoms with van der Waals surface area (Å²) in [4.78, 5) is 59.7. The zero-order valence-electron chi connectivity index (χ0n) is 22.2. The van der Waals surface area contributed by atoms with Crippen molar-refractivity contribution < 1.29 is 19.2 Å². The van der Waals surface area contributed by atoms with E-state index in [1.807, 2.05) is 32.8 Å². The Balaban J connectivity index is 1.70. The smallest absolute Gasteiger partial charge is 0.292 e. The second kappa shape index (κ2) is 12.7. The second-order valence-electron chi connectivity index (χ2n) is 8.78. The minimum absolute atomic E-state index is 0.0683. The summed E-state index contributed by atoms with van der Waals surface area (Å²) in [5.74, 6) is -0.650. The van der Waals surface area contributed by atoms with E-state index in [0.717, 1.165) is 13.0 Å². The van der Waals surface area contributed by atoms with E-state index in [1.54, 1.807) is 39.3 Å². The predicted octanol–water partition coefficient (Wildman–Crippen LogP) is 1.21. The number of aryl methyl sites for hydroxylation is 3. The Hall–Kier alpha value is -4.46. The van der Waals surface area contributed by atoms with Crippen LogP contribution in [0.5, 0.6) is 0 Å². The molecule has 0 radical (unpaired) electrons. The molecule has 4 N–H and O–H groups in total. The van der Waals surface area contributed by atoms with E-state index in [0.29, 0.717) is 37.4 Å². The predicted molar refractivity (Wildman–Crippen MR) is 142 cm³/mol. The summed E-state index contributed by atoms with van der Waals surface area (Å²) in [6.07, 6.45) is 6.07. The summed E-state index contributed by atoms with van der Waals surface area (Å²) in [7, 11) is 5.60. The molecule has 0 aliphatic carbocycles. The maximum Gasteiger partial charge on any atom is 0.292 e. The van der Waals surface area contributed by atoms with Gasteiger partial charge in [-0.05, 0) is 47.0 Å². The summed E-state index contributed by atoms with van der Waals surface area (Å²) in [6.45, 7) is 5.98. The van der Waals surface area contributed by atoms with Crippen molar-refractivity contribution >= 4 is 41.5 Å². The Morgan fingerprint density at radius 1 is 0.921 bits per heavy atom. The lowest BCUT2D eigenvalue weighted by Crippen LogP contribution is -2.29. The lowest BCUT2D eigenvalue weighted by Gasteiger charge is -2.10. The van der Waals surface area contributed by atoms with E-state index < -0.39 is 11.8 Å². The van der Waals surface area contributed by atoms with Crippen LogP contribution < -0.4 is 21.3 Å². The van der Waals surface area contributed by atoms with Crippen LogP contribution in [-0.2, 0) is 24.9 Å². The fraction of sp³-hybridized carbons (Fsp3) is 0.417. The van der Waals surface area contributed by atoms with Crippen molar-refractivity contribution in [1.82, 2.24) is 33.9 Å². The molecule has 0 bridgehead atoms. The zero-order chi connectivity index (χ0) is 27.8. The Labute approximate surface area is 220 Å². The molecule has 0 spiro atoms. The number of hydrogen-bond donors (Lipinski definition) is 4. The molecule has 4 amide bonds. The highest BCUT2D eigenvalue weighted by atomic mass is 16.2. The molecule has 0 fully saturated rings. The van der Waals surface area contributed by atoms with Crippen molar-refractivity contribution in [2.75, 3.05) is 43.1 Å². The zero-order valence-corrected chi connectivity index (χ0v) is 22.2. The molecule has 0 saturated heterocycles. The van der Waals surface area contributed by atoms with Gasteiger partial charge in [0.15, 0.2) is 11.6 Å². The molecule has 0 saturated carbocycles. The molecule has 14 heteroatoms. The Morgan fingerprint density at radius 3 is 2.05 bits per heavy atom. The highest BCUT2D eigenvalue weighted by Crippen LogP contribution is 2.16. The maximum atomic E-state index is 13.0. The first-order chi connectivity index (χ1) is 18.2. The van der Waals surface area contributed by atoms with Gasteiger partial charge in [0.25, 0.3) is 17.7 Å². The monoisotopic (exact) mass is 526 g/mol. The summed E-state index contributed by atoms with van der Waals surface area (Å²) in [5.41, 5.74) is 0.768. The average molecular weight is 527 g/mol. The fourth-order valence-corrected chi connectivity index (χ4v) is 3.76. The highest BCUT2D eigenvalue weighted by molar-refractivity contribution is 6.05. The van der Waals surface area contributed by atoms with Gasteiger partial charge in [0, 0.05) is 45.3 Å². The van der Waals surface area contributed by atoms with Crippen molar-refractivity contribution in [3.63, 3.8) is 0 Å². The fourth-order valence-electron chi connectivity index (χ4n) is 3.76. The van der Waals surface area contributed by atoms with Crippen molar-refractivity contribution in [3.8, 4) is 0 Å². The number of rotatable bonds is 13. The lowest BCUT2D eigenvalue weighted by atomic mass is 10.4. The highest BCUT2D eigenvalue weighted by Gasteiger charge is 2.21. The topological polar surface area (TPSA) is 160 Å². The maximum absolute atomic E-state index is 13.0. The number of aromatic nitrogens is 5. The SMILES string of the molecule is CCn1cc(NC(=O)c2nc(NC(=O)c3cc(NC=O)cn3C)cn2CC)nc1C(=O)NCCCN(C)C. The third kappa shape index (κ3) is 6.85. The van der Waals surface area contributed by atoms with Crippen molar-refractivity contribution in [3.05, 3.63) is 42.0 Å². The van der Waals surface area contributed by atoms with E-state index in [2.05, 4.69) is 31.2 Å². The van der Waals surface area contributed by atoms with Gasteiger partial charge in [-0.15, -0.1) is 0 Å². The molecule has 3 rings (SSSR count).